The van der Waals surface area contributed by atoms with E-state index < -0.39 is 0 Å². The third-order valence-electron chi connectivity index (χ3n) is 2.31. The van der Waals surface area contributed by atoms with E-state index in [2.05, 4.69) is 40.1 Å². The van der Waals surface area contributed by atoms with Crippen LogP contribution in [-0.4, -0.2) is 13.1 Å². The Bertz CT molecular complexity index is 78.8. The average Bonchev–Trinajstić information content (AvgIpc) is 1.88. The SMILES string of the molecule is CCC(C)C(NC)C(C)C. The van der Waals surface area contributed by atoms with Crippen molar-refractivity contribution >= 4 is 0 Å². The van der Waals surface area contributed by atoms with Crippen LogP contribution in [0.15, 0.2) is 0 Å². The van der Waals surface area contributed by atoms with Gasteiger partial charge in [-0.2, -0.15) is 0 Å². The summed E-state index contributed by atoms with van der Waals surface area (Å²) >= 11 is 0. The summed E-state index contributed by atoms with van der Waals surface area (Å²) in [5.41, 5.74) is 0. The molecule has 0 fully saturated rings. The quantitative estimate of drug-likeness (QED) is 0.636. The molecule has 1 nitrogen and oxygen atoms in total. The summed E-state index contributed by atoms with van der Waals surface area (Å²) in [6, 6.07) is 0.685. The van der Waals surface area contributed by atoms with Crippen LogP contribution < -0.4 is 5.32 Å². The molecule has 62 valence electrons. The van der Waals surface area contributed by atoms with E-state index in [9.17, 15) is 0 Å². The summed E-state index contributed by atoms with van der Waals surface area (Å²) in [7, 11) is 2.05. The van der Waals surface area contributed by atoms with Gasteiger partial charge in [0, 0.05) is 6.04 Å². The largest absolute Gasteiger partial charge is 0.316 e. The Hall–Kier alpha value is -0.0400. The maximum absolute atomic E-state index is 3.35. The molecule has 0 bridgehead atoms. The third-order valence-corrected chi connectivity index (χ3v) is 2.31. The average molecular weight is 143 g/mol. The molecule has 10 heavy (non-hydrogen) atoms. The van der Waals surface area contributed by atoms with Gasteiger partial charge in [0.1, 0.15) is 0 Å². The van der Waals surface area contributed by atoms with Gasteiger partial charge in [0.05, 0.1) is 0 Å². The molecule has 0 amide bonds. The molecule has 0 aliphatic rings. The van der Waals surface area contributed by atoms with Crippen LogP contribution in [0.3, 0.4) is 0 Å². The van der Waals surface area contributed by atoms with E-state index in [1.54, 1.807) is 0 Å². The van der Waals surface area contributed by atoms with Crippen molar-refractivity contribution in [2.24, 2.45) is 11.8 Å². The smallest absolute Gasteiger partial charge is 0.0113 e. The highest BCUT2D eigenvalue weighted by atomic mass is 14.9. The second kappa shape index (κ2) is 4.73. The molecule has 2 atom stereocenters. The van der Waals surface area contributed by atoms with Gasteiger partial charge in [0.25, 0.3) is 0 Å². The van der Waals surface area contributed by atoms with Gasteiger partial charge in [0.2, 0.25) is 0 Å². The van der Waals surface area contributed by atoms with E-state index in [1.807, 2.05) is 0 Å². The molecule has 0 spiro atoms. The Balaban J connectivity index is 3.80. The van der Waals surface area contributed by atoms with Gasteiger partial charge in [-0.3, -0.25) is 0 Å². The van der Waals surface area contributed by atoms with Gasteiger partial charge in [0.15, 0.2) is 0 Å². The Kier molecular flexibility index (Phi) is 4.71. The maximum Gasteiger partial charge on any atom is 0.0113 e. The van der Waals surface area contributed by atoms with E-state index in [0.717, 1.165) is 11.8 Å². The summed E-state index contributed by atoms with van der Waals surface area (Å²) in [4.78, 5) is 0. The van der Waals surface area contributed by atoms with Gasteiger partial charge in [-0.05, 0) is 18.9 Å². The number of rotatable bonds is 4. The number of nitrogens with one attached hydrogen (secondary N) is 1. The fourth-order valence-corrected chi connectivity index (χ4v) is 1.53. The van der Waals surface area contributed by atoms with Crippen molar-refractivity contribution in [3.8, 4) is 0 Å². The zero-order valence-corrected chi connectivity index (χ0v) is 7.94. The molecule has 0 heterocycles. The predicted octanol–water partition coefficient (Wildman–Crippen LogP) is 2.28. The first-order valence-electron chi connectivity index (χ1n) is 4.30. The molecule has 0 aromatic carbocycles. The lowest BCUT2D eigenvalue weighted by Crippen LogP contribution is -2.36. The molecule has 0 aliphatic carbocycles. The lowest BCUT2D eigenvalue weighted by atomic mass is 9.90. The fourth-order valence-electron chi connectivity index (χ4n) is 1.53. The van der Waals surface area contributed by atoms with Crippen molar-refractivity contribution < 1.29 is 0 Å². The van der Waals surface area contributed by atoms with Crippen molar-refractivity contribution in [2.75, 3.05) is 7.05 Å². The molecule has 0 radical (unpaired) electrons. The molecule has 0 aliphatic heterocycles. The summed E-state index contributed by atoms with van der Waals surface area (Å²) in [6.45, 7) is 9.10. The minimum Gasteiger partial charge on any atom is -0.316 e. The van der Waals surface area contributed by atoms with Crippen LogP contribution in [0.1, 0.15) is 34.1 Å². The first-order valence-corrected chi connectivity index (χ1v) is 4.30. The number of hydrogen-bond donors (Lipinski definition) is 1. The van der Waals surface area contributed by atoms with Crippen molar-refractivity contribution in [3.05, 3.63) is 0 Å². The molecule has 0 rings (SSSR count). The zero-order chi connectivity index (χ0) is 8.15. The van der Waals surface area contributed by atoms with E-state index in [4.69, 9.17) is 0 Å². The van der Waals surface area contributed by atoms with Crippen molar-refractivity contribution in [1.82, 2.24) is 5.32 Å². The molecule has 0 aromatic rings. The van der Waals surface area contributed by atoms with Gasteiger partial charge in [-0.1, -0.05) is 34.1 Å². The topological polar surface area (TPSA) is 12.0 Å². The summed E-state index contributed by atoms with van der Waals surface area (Å²) < 4.78 is 0. The van der Waals surface area contributed by atoms with Crippen LogP contribution in [-0.2, 0) is 0 Å². The van der Waals surface area contributed by atoms with Crippen LogP contribution in [0.25, 0.3) is 0 Å². The molecule has 0 aromatic heterocycles. The predicted molar refractivity (Wildman–Crippen MR) is 47.1 cm³/mol. The van der Waals surface area contributed by atoms with Gasteiger partial charge < -0.3 is 5.32 Å². The van der Waals surface area contributed by atoms with Crippen LogP contribution >= 0.6 is 0 Å². The van der Waals surface area contributed by atoms with E-state index in [1.165, 1.54) is 6.42 Å². The fraction of sp³-hybridized carbons (Fsp3) is 1.00. The number of hydrogen-bond acceptors (Lipinski definition) is 1. The molecule has 1 N–H and O–H groups in total. The van der Waals surface area contributed by atoms with Gasteiger partial charge in [-0.15, -0.1) is 0 Å². The van der Waals surface area contributed by atoms with E-state index in [-0.39, 0.29) is 0 Å². The summed E-state index contributed by atoms with van der Waals surface area (Å²) in [5.74, 6) is 1.55. The minimum atomic E-state index is 0.685. The van der Waals surface area contributed by atoms with Gasteiger partial charge in [-0.25, -0.2) is 0 Å². The Labute approximate surface area is 65.2 Å². The lowest BCUT2D eigenvalue weighted by molar-refractivity contribution is 0.309. The highest BCUT2D eigenvalue weighted by Gasteiger charge is 2.16. The first kappa shape index (κ1) is 9.96. The molecular weight excluding hydrogens is 122 g/mol. The van der Waals surface area contributed by atoms with Crippen LogP contribution in [0.5, 0.6) is 0 Å². The molecule has 2 unspecified atom stereocenters. The summed E-state index contributed by atoms with van der Waals surface area (Å²) in [6.07, 6.45) is 1.27. The first-order chi connectivity index (χ1) is 4.63. The van der Waals surface area contributed by atoms with Crippen LogP contribution in [0.2, 0.25) is 0 Å². The maximum atomic E-state index is 3.35. The van der Waals surface area contributed by atoms with E-state index >= 15 is 0 Å². The third kappa shape index (κ3) is 2.70. The van der Waals surface area contributed by atoms with Crippen molar-refractivity contribution in [2.45, 2.75) is 40.2 Å². The normalized spacial score (nSPS) is 17.4. The standard InChI is InChI=1S/C9H21N/c1-6-8(4)9(10-5)7(2)3/h7-10H,6H2,1-5H3. The van der Waals surface area contributed by atoms with Crippen molar-refractivity contribution in [3.63, 3.8) is 0 Å². The molecule has 0 saturated heterocycles. The van der Waals surface area contributed by atoms with E-state index in [0.29, 0.717) is 6.04 Å². The molecule has 0 saturated carbocycles. The highest BCUT2D eigenvalue weighted by Crippen LogP contribution is 2.14. The second-order valence-corrected chi connectivity index (χ2v) is 3.44. The monoisotopic (exact) mass is 143 g/mol. The molecule has 1 heteroatoms. The molecular formula is C9H21N. The minimum absolute atomic E-state index is 0.685. The van der Waals surface area contributed by atoms with Crippen LogP contribution in [0, 0.1) is 11.8 Å². The Morgan fingerprint density at radius 2 is 1.70 bits per heavy atom. The zero-order valence-electron chi connectivity index (χ0n) is 7.94. The van der Waals surface area contributed by atoms with Crippen LogP contribution in [0.4, 0.5) is 0 Å². The Morgan fingerprint density at radius 3 is 1.80 bits per heavy atom. The second-order valence-electron chi connectivity index (χ2n) is 3.44. The summed E-state index contributed by atoms with van der Waals surface area (Å²) in [5, 5.41) is 3.35. The Morgan fingerprint density at radius 1 is 1.20 bits per heavy atom. The van der Waals surface area contributed by atoms with Crippen molar-refractivity contribution in [1.29, 1.82) is 0 Å². The highest BCUT2D eigenvalue weighted by molar-refractivity contribution is 4.73. The van der Waals surface area contributed by atoms with Gasteiger partial charge >= 0.3 is 0 Å². The lowest BCUT2D eigenvalue weighted by Gasteiger charge is -2.25.